The van der Waals surface area contributed by atoms with Gasteiger partial charge in [-0.25, -0.2) is 0 Å². The van der Waals surface area contributed by atoms with E-state index >= 15 is 0 Å². The SMILES string of the molecule is CCC(CC)COC(=O)CC(=O)OCC(CC)CC. The molecule has 4 nitrogen and oxygen atoms in total. The number of esters is 2. The summed E-state index contributed by atoms with van der Waals surface area (Å²) >= 11 is 0. The molecule has 0 fully saturated rings. The number of hydrogen-bond donors (Lipinski definition) is 0. The minimum Gasteiger partial charge on any atom is -0.465 e. The Labute approximate surface area is 116 Å². The van der Waals surface area contributed by atoms with Gasteiger partial charge in [0.1, 0.15) is 6.42 Å². The Morgan fingerprint density at radius 1 is 0.737 bits per heavy atom. The number of carbonyl (C=O) groups excluding carboxylic acids is 2. The molecular weight excluding hydrogens is 244 g/mol. The van der Waals surface area contributed by atoms with E-state index in [0.29, 0.717) is 25.0 Å². The van der Waals surface area contributed by atoms with E-state index in [0.717, 1.165) is 25.7 Å². The maximum absolute atomic E-state index is 11.5. The smallest absolute Gasteiger partial charge is 0.317 e. The van der Waals surface area contributed by atoms with E-state index in [4.69, 9.17) is 9.47 Å². The molecular formula is C15H28O4. The van der Waals surface area contributed by atoms with Gasteiger partial charge in [0.05, 0.1) is 13.2 Å². The average Bonchev–Trinajstić information content (AvgIpc) is 2.41. The second kappa shape index (κ2) is 10.8. The molecule has 0 aromatic carbocycles. The van der Waals surface area contributed by atoms with Gasteiger partial charge >= 0.3 is 11.9 Å². The Morgan fingerprint density at radius 2 is 1.05 bits per heavy atom. The summed E-state index contributed by atoms with van der Waals surface area (Å²) in [5.74, 6) is -0.211. The molecule has 0 atom stereocenters. The highest BCUT2D eigenvalue weighted by Crippen LogP contribution is 2.09. The van der Waals surface area contributed by atoms with Crippen LogP contribution in [0.25, 0.3) is 0 Å². The highest BCUT2D eigenvalue weighted by molar-refractivity contribution is 5.91. The van der Waals surface area contributed by atoms with Crippen molar-refractivity contribution in [3.63, 3.8) is 0 Å². The predicted molar refractivity (Wildman–Crippen MR) is 74.7 cm³/mol. The summed E-state index contributed by atoms with van der Waals surface area (Å²) in [6.45, 7) is 9.03. The number of carbonyl (C=O) groups is 2. The molecule has 4 heteroatoms. The van der Waals surface area contributed by atoms with Gasteiger partial charge in [-0.05, 0) is 11.8 Å². The van der Waals surface area contributed by atoms with E-state index < -0.39 is 11.9 Å². The van der Waals surface area contributed by atoms with Crippen LogP contribution in [0.15, 0.2) is 0 Å². The summed E-state index contributed by atoms with van der Waals surface area (Å²) in [5.41, 5.74) is 0. The third kappa shape index (κ3) is 8.62. The minimum absolute atomic E-state index is 0.277. The van der Waals surface area contributed by atoms with Gasteiger partial charge in [-0.1, -0.05) is 53.4 Å². The van der Waals surface area contributed by atoms with Crippen LogP contribution >= 0.6 is 0 Å². The van der Waals surface area contributed by atoms with Gasteiger partial charge in [0.2, 0.25) is 0 Å². The summed E-state index contributed by atoms with van der Waals surface area (Å²) in [6.07, 6.45) is 3.62. The molecule has 0 aliphatic rings. The van der Waals surface area contributed by atoms with E-state index in [2.05, 4.69) is 27.7 Å². The average molecular weight is 272 g/mol. The second-order valence-electron chi connectivity index (χ2n) is 4.91. The zero-order valence-corrected chi connectivity index (χ0v) is 12.7. The maximum Gasteiger partial charge on any atom is 0.317 e. The molecule has 112 valence electrons. The van der Waals surface area contributed by atoms with Crippen molar-refractivity contribution in [2.24, 2.45) is 11.8 Å². The molecule has 0 aliphatic carbocycles. The summed E-state index contributed by atoms with van der Waals surface area (Å²) in [7, 11) is 0. The van der Waals surface area contributed by atoms with E-state index in [1.807, 2.05) is 0 Å². The van der Waals surface area contributed by atoms with Crippen LogP contribution in [0.1, 0.15) is 59.8 Å². The van der Waals surface area contributed by atoms with Crippen LogP contribution in [-0.4, -0.2) is 25.2 Å². The molecule has 0 amide bonds. The third-order valence-corrected chi connectivity index (χ3v) is 3.56. The van der Waals surface area contributed by atoms with Gasteiger partial charge in [0.15, 0.2) is 0 Å². The van der Waals surface area contributed by atoms with E-state index in [9.17, 15) is 9.59 Å². The highest BCUT2D eigenvalue weighted by Gasteiger charge is 2.15. The van der Waals surface area contributed by atoms with Crippen molar-refractivity contribution in [2.45, 2.75) is 59.8 Å². The molecule has 0 aliphatic heterocycles. The fraction of sp³-hybridized carbons (Fsp3) is 0.867. The quantitative estimate of drug-likeness (QED) is 0.452. The van der Waals surface area contributed by atoms with Crippen molar-refractivity contribution < 1.29 is 19.1 Å². The Morgan fingerprint density at radius 3 is 1.32 bits per heavy atom. The third-order valence-electron chi connectivity index (χ3n) is 3.56. The van der Waals surface area contributed by atoms with Gasteiger partial charge in [-0.15, -0.1) is 0 Å². The van der Waals surface area contributed by atoms with Crippen LogP contribution in [0.2, 0.25) is 0 Å². The second-order valence-corrected chi connectivity index (χ2v) is 4.91. The standard InChI is InChI=1S/C15H28O4/c1-5-12(6-2)10-18-14(16)9-15(17)19-11-13(7-3)8-4/h12-13H,5-11H2,1-4H3. The first-order valence-electron chi connectivity index (χ1n) is 7.38. The predicted octanol–water partition coefficient (Wildman–Crippen LogP) is 3.34. The van der Waals surface area contributed by atoms with Gasteiger partial charge in [0.25, 0.3) is 0 Å². The zero-order chi connectivity index (χ0) is 14.7. The van der Waals surface area contributed by atoms with E-state index in [-0.39, 0.29) is 6.42 Å². The number of hydrogen-bond acceptors (Lipinski definition) is 4. The first-order valence-corrected chi connectivity index (χ1v) is 7.38. The molecule has 0 heterocycles. The molecule has 0 radical (unpaired) electrons. The lowest BCUT2D eigenvalue weighted by atomic mass is 10.1. The van der Waals surface area contributed by atoms with Crippen LogP contribution in [0, 0.1) is 11.8 Å². The fourth-order valence-electron chi connectivity index (χ4n) is 1.69. The number of ether oxygens (including phenoxy) is 2. The summed E-state index contributed by atoms with van der Waals surface area (Å²) in [6, 6.07) is 0. The Bertz CT molecular complexity index is 229. The normalized spacial score (nSPS) is 10.8. The molecule has 0 saturated heterocycles. The highest BCUT2D eigenvalue weighted by atomic mass is 16.6. The van der Waals surface area contributed by atoms with Crippen molar-refractivity contribution in [3.8, 4) is 0 Å². The van der Waals surface area contributed by atoms with E-state index in [1.165, 1.54) is 0 Å². The molecule has 19 heavy (non-hydrogen) atoms. The molecule has 0 spiro atoms. The molecule has 0 bridgehead atoms. The maximum atomic E-state index is 11.5. The van der Waals surface area contributed by atoms with E-state index in [1.54, 1.807) is 0 Å². The molecule has 0 N–H and O–H groups in total. The van der Waals surface area contributed by atoms with Crippen molar-refractivity contribution in [3.05, 3.63) is 0 Å². The number of rotatable bonds is 10. The van der Waals surface area contributed by atoms with Crippen LogP contribution in [0.3, 0.4) is 0 Å². The summed E-state index contributed by atoms with van der Waals surface area (Å²) in [4.78, 5) is 22.9. The first kappa shape index (κ1) is 17.9. The lowest BCUT2D eigenvalue weighted by molar-refractivity contribution is -0.156. The Hall–Kier alpha value is -1.06. The molecule has 0 rings (SSSR count). The van der Waals surface area contributed by atoms with Gasteiger partial charge < -0.3 is 9.47 Å². The fourth-order valence-corrected chi connectivity index (χ4v) is 1.69. The molecule has 0 aromatic heterocycles. The van der Waals surface area contributed by atoms with Crippen LogP contribution < -0.4 is 0 Å². The zero-order valence-electron chi connectivity index (χ0n) is 12.7. The topological polar surface area (TPSA) is 52.6 Å². The Kier molecular flexibility index (Phi) is 10.2. The molecule has 0 aromatic rings. The summed E-state index contributed by atoms with van der Waals surface area (Å²) in [5, 5.41) is 0. The van der Waals surface area contributed by atoms with Crippen LogP contribution in [0.4, 0.5) is 0 Å². The summed E-state index contributed by atoms with van der Waals surface area (Å²) < 4.78 is 10.2. The Balaban J connectivity index is 3.83. The van der Waals surface area contributed by atoms with Crippen molar-refractivity contribution >= 4 is 11.9 Å². The van der Waals surface area contributed by atoms with Crippen molar-refractivity contribution in [1.29, 1.82) is 0 Å². The minimum atomic E-state index is -0.485. The van der Waals surface area contributed by atoms with Crippen LogP contribution in [0.5, 0.6) is 0 Å². The van der Waals surface area contributed by atoms with Crippen molar-refractivity contribution in [1.82, 2.24) is 0 Å². The first-order chi connectivity index (χ1) is 9.07. The van der Waals surface area contributed by atoms with Gasteiger partial charge in [-0.3, -0.25) is 9.59 Å². The van der Waals surface area contributed by atoms with Gasteiger partial charge in [-0.2, -0.15) is 0 Å². The van der Waals surface area contributed by atoms with Gasteiger partial charge in [0, 0.05) is 0 Å². The largest absolute Gasteiger partial charge is 0.465 e. The van der Waals surface area contributed by atoms with Crippen LogP contribution in [-0.2, 0) is 19.1 Å². The van der Waals surface area contributed by atoms with Crippen molar-refractivity contribution in [2.75, 3.05) is 13.2 Å². The molecule has 0 saturated carbocycles. The lowest BCUT2D eigenvalue weighted by Gasteiger charge is -2.14. The lowest BCUT2D eigenvalue weighted by Crippen LogP contribution is -2.19. The molecule has 0 unspecified atom stereocenters. The monoisotopic (exact) mass is 272 g/mol.